The van der Waals surface area contributed by atoms with Crippen molar-refractivity contribution in [2.75, 3.05) is 0 Å². The van der Waals surface area contributed by atoms with E-state index in [-0.39, 0.29) is 0 Å². The Bertz CT molecular complexity index is 1080. The van der Waals surface area contributed by atoms with Crippen molar-refractivity contribution >= 4 is 11.9 Å². The molecular weight excluding hydrogens is 412 g/mol. The smallest absolute Gasteiger partial charge is 0.343 e. The van der Waals surface area contributed by atoms with Crippen LogP contribution in [0.4, 0.5) is 0 Å². The fourth-order valence-electron chi connectivity index (χ4n) is 4.46. The van der Waals surface area contributed by atoms with Gasteiger partial charge in [0, 0.05) is 0 Å². The van der Waals surface area contributed by atoms with Gasteiger partial charge in [-0.2, -0.15) is 0 Å². The third-order valence-corrected chi connectivity index (χ3v) is 6.17. The first-order chi connectivity index (χ1) is 16.2. The van der Waals surface area contributed by atoms with E-state index in [9.17, 15) is 9.59 Å². The summed E-state index contributed by atoms with van der Waals surface area (Å²) in [6.45, 7) is 2.09. The zero-order chi connectivity index (χ0) is 23.0. The number of esters is 2. The van der Waals surface area contributed by atoms with E-state index >= 15 is 0 Å². The predicted molar refractivity (Wildman–Crippen MR) is 129 cm³/mol. The van der Waals surface area contributed by atoms with Crippen LogP contribution >= 0.6 is 0 Å². The minimum Gasteiger partial charge on any atom is -0.419 e. The van der Waals surface area contributed by atoms with Gasteiger partial charge in [-0.05, 0) is 66.6 Å². The monoisotopic (exact) mass is 442 g/mol. The highest BCUT2D eigenvalue weighted by atomic mass is 16.6. The van der Waals surface area contributed by atoms with Crippen molar-refractivity contribution < 1.29 is 19.1 Å². The van der Waals surface area contributed by atoms with Gasteiger partial charge in [0.2, 0.25) is 0 Å². The van der Waals surface area contributed by atoms with Crippen molar-refractivity contribution in [3.63, 3.8) is 0 Å². The summed E-state index contributed by atoms with van der Waals surface area (Å²) in [4.78, 5) is 25.8. The summed E-state index contributed by atoms with van der Waals surface area (Å²) in [7, 11) is 0. The van der Waals surface area contributed by atoms with Gasteiger partial charge in [-0.3, -0.25) is 0 Å². The Labute approximate surface area is 195 Å². The normalized spacial score (nSPS) is 14.0. The molecule has 0 N–H and O–H groups in total. The van der Waals surface area contributed by atoms with Crippen LogP contribution in [0.15, 0.2) is 72.8 Å². The summed E-state index contributed by atoms with van der Waals surface area (Å²) in [6.07, 6.45) is 7.54. The highest BCUT2D eigenvalue weighted by Crippen LogP contribution is 2.41. The van der Waals surface area contributed by atoms with Crippen LogP contribution in [0.5, 0.6) is 11.5 Å². The topological polar surface area (TPSA) is 52.6 Å². The van der Waals surface area contributed by atoms with Crippen LogP contribution in [-0.2, 0) is 6.42 Å². The summed E-state index contributed by atoms with van der Waals surface area (Å²) in [5, 5.41) is 0. The van der Waals surface area contributed by atoms with E-state index in [1.54, 1.807) is 48.5 Å². The Morgan fingerprint density at radius 2 is 1.36 bits per heavy atom. The zero-order valence-corrected chi connectivity index (χ0v) is 19.1. The Hall–Kier alpha value is -3.40. The molecule has 3 aromatic rings. The van der Waals surface area contributed by atoms with E-state index in [2.05, 4.69) is 13.0 Å². The maximum Gasteiger partial charge on any atom is 0.343 e. The first kappa shape index (κ1) is 22.8. The summed E-state index contributed by atoms with van der Waals surface area (Å²) >= 11 is 0. The third kappa shape index (κ3) is 5.70. The Kier molecular flexibility index (Phi) is 7.56. The highest BCUT2D eigenvalue weighted by molar-refractivity contribution is 5.93. The van der Waals surface area contributed by atoms with Gasteiger partial charge in [0.1, 0.15) is 0 Å². The number of aryl methyl sites for hydroxylation is 1. The number of ether oxygens (including phenoxy) is 2. The second kappa shape index (κ2) is 11.0. The number of carbonyl (C=O) groups excluding carboxylic acids is 2. The Morgan fingerprint density at radius 3 is 1.94 bits per heavy atom. The number of hydrogen-bond donors (Lipinski definition) is 0. The molecule has 4 heteroatoms. The minimum atomic E-state index is -0.463. The SMILES string of the molecule is CCCc1cc(C2CCCCC2)cc(OC(=O)c2ccccc2)c1OC(=O)c1ccccc1. The molecular formula is C29H30O4. The molecule has 170 valence electrons. The molecule has 0 bridgehead atoms. The summed E-state index contributed by atoms with van der Waals surface area (Å²) in [6, 6.07) is 21.8. The van der Waals surface area contributed by atoms with Gasteiger partial charge in [0.15, 0.2) is 11.5 Å². The molecule has 1 aliphatic carbocycles. The number of rotatable bonds is 7. The maximum atomic E-state index is 12.9. The van der Waals surface area contributed by atoms with Crippen LogP contribution in [0, 0.1) is 0 Å². The van der Waals surface area contributed by atoms with Crippen molar-refractivity contribution in [3.05, 3.63) is 95.1 Å². The number of carbonyl (C=O) groups is 2. The molecule has 0 unspecified atom stereocenters. The maximum absolute atomic E-state index is 12.9. The van der Waals surface area contributed by atoms with Gasteiger partial charge in [-0.15, -0.1) is 0 Å². The lowest BCUT2D eigenvalue weighted by Crippen LogP contribution is -2.15. The molecule has 0 spiro atoms. The molecule has 0 atom stereocenters. The molecule has 1 aliphatic rings. The van der Waals surface area contributed by atoms with Crippen LogP contribution in [0.3, 0.4) is 0 Å². The van der Waals surface area contributed by atoms with Crippen molar-refractivity contribution in [3.8, 4) is 11.5 Å². The Balaban J connectivity index is 1.73. The lowest BCUT2D eigenvalue weighted by molar-refractivity contribution is 0.0680. The van der Waals surface area contributed by atoms with Gasteiger partial charge in [-0.25, -0.2) is 9.59 Å². The predicted octanol–water partition coefficient (Wildman–Crippen LogP) is 7.13. The molecule has 4 nitrogen and oxygen atoms in total. The van der Waals surface area contributed by atoms with Crippen LogP contribution in [-0.4, -0.2) is 11.9 Å². The van der Waals surface area contributed by atoms with Gasteiger partial charge in [0.25, 0.3) is 0 Å². The number of benzene rings is 3. The second-order valence-corrected chi connectivity index (χ2v) is 8.60. The quantitative estimate of drug-likeness (QED) is 0.289. The molecule has 0 radical (unpaired) electrons. The standard InChI is InChI=1S/C29H30O4/c1-2-12-24-19-25(21-13-6-3-7-14-21)20-26(32-28(30)22-15-8-4-9-16-22)27(24)33-29(31)23-17-10-5-11-18-23/h4-5,8-11,15-21H,2-3,6-7,12-14H2,1H3. The van der Waals surface area contributed by atoms with E-state index < -0.39 is 11.9 Å². The molecule has 0 aromatic heterocycles. The van der Waals surface area contributed by atoms with Gasteiger partial charge in [0.05, 0.1) is 11.1 Å². The van der Waals surface area contributed by atoms with E-state index in [4.69, 9.17) is 9.47 Å². The summed E-state index contributed by atoms with van der Waals surface area (Å²) < 4.78 is 11.7. The van der Waals surface area contributed by atoms with Gasteiger partial charge < -0.3 is 9.47 Å². The highest BCUT2D eigenvalue weighted by Gasteiger charge is 2.24. The number of hydrogen-bond acceptors (Lipinski definition) is 4. The lowest BCUT2D eigenvalue weighted by Gasteiger charge is -2.24. The summed E-state index contributed by atoms with van der Waals surface area (Å²) in [5.74, 6) is 0.169. The fraction of sp³-hybridized carbons (Fsp3) is 0.310. The van der Waals surface area contributed by atoms with E-state index in [1.807, 2.05) is 18.2 Å². The molecule has 3 aromatic carbocycles. The van der Waals surface area contributed by atoms with Crippen molar-refractivity contribution in [2.45, 2.75) is 57.8 Å². The lowest BCUT2D eigenvalue weighted by atomic mass is 9.83. The van der Waals surface area contributed by atoms with Crippen LogP contribution < -0.4 is 9.47 Å². The van der Waals surface area contributed by atoms with Crippen molar-refractivity contribution in [2.24, 2.45) is 0 Å². The second-order valence-electron chi connectivity index (χ2n) is 8.60. The Morgan fingerprint density at radius 1 is 0.788 bits per heavy atom. The van der Waals surface area contributed by atoms with Crippen LogP contribution in [0.25, 0.3) is 0 Å². The third-order valence-electron chi connectivity index (χ3n) is 6.17. The van der Waals surface area contributed by atoms with E-state index in [0.29, 0.717) is 28.5 Å². The first-order valence-electron chi connectivity index (χ1n) is 11.9. The largest absolute Gasteiger partial charge is 0.419 e. The van der Waals surface area contributed by atoms with Crippen molar-refractivity contribution in [1.29, 1.82) is 0 Å². The van der Waals surface area contributed by atoms with E-state index in [0.717, 1.165) is 36.8 Å². The fourth-order valence-corrected chi connectivity index (χ4v) is 4.46. The molecule has 33 heavy (non-hydrogen) atoms. The molecule has 0 amide bonds. The molecule has 1 saturated carbocycles. The molecule has 1 fully saturated rings. The molecule has 0 saturated heterocycles. The van der Waals surface area contributed by atoms with Crippen LogP contribution in [0.1, 0.15) is 83.2 Å². The van der Waals surface area contributed by atoms with Crippen molar-refractivity contribution in [1.82, 2.24) is 0 Å². The van der Waals surface area contributed by atoms with Gasteiger partial charge >= 0.3 is 11.9 Å². The van der Waals surface area contributed by atoms with E-state index in [1.165, 1.54) is 19.3 Å². The molecule has 0 aliphatic heterocycles. The first-order valence-corrected chi connectivity index (χ1v) is 11.9. The average Bonchev–Trinajstić information content (AvgIpc) is 2.87. The average molecular weight is 443 g/mol. The zero-order valence-electron chi connectivity index (χ0n) is 19.1. The van der Waals surface area contributed by atoms with Crippen LogP contribution in [0.2, 0.25) is 0 Å². The molecule has 4 rings (SSSR count). The van der Waals surface area contributed by atoms with Gasteiger partial charge in [-0.1, -0.05) is 75.1 Å². The minimum absolute atomic E-state index is 0.319. The summed E-state index contributed by atoms with van der Waals surface area (Å²) in [5.41, 5.74) is 2.98. The molecule has 0 heterocycles.